The smallest absolute Gasteiger partial charge is 0.0391 e. The molecule has 0 atom stereocenters. The fourth-order valence-corrected chi connectivity index (χ4v) is 11.5. The average molecular weight is 290 g/mol. The Kier molecular flexibility index (Phi) is 5.11. The van der Waals surface area contributed by atoms with Crippen LogP contribution in [0.25, 0.3) is 0 Å². The number of nitrogens with zero attached hydrogens (tertiary/aromatic N) is 4. The monoisotopic (exact) mass is 290 g/mol. The van der Waals surface area contributed by atoms with Crippen LogP contribution in [0.4, 0.5) is 0 Å². The first-order chi connectivity index (χ1) is 8.19. The summed E-state index contributed by atoms with van der Waals surface area (Å²) in [6, 6.07) is 0. The zero-order valence-corrected chi connectivity index (χ0v) is 14.8. The van der Waals surface area contributed by atoms with Crippen molar-refractivity contribution in [2.24, 2.45) is 0 Å². The van der Waals surface area contributed by atoms with Gasteiger partial charge < -0.3 is 0 Å². The molecule has 0 bridgehead atoms. The molecule has 0 aromatic heterocycles. The lowest BCUT2D eigenvalue weighted by atomic mass is 10.8. The summed E-state index contributed by atoms with van der Waals surface area (Å²) in [6.07, 6.45) is 2.27. The molecule has 1 rings (SSSR count). The number of hydrogen-bond donors (Lipinski definition) is 0. The quantitative estimate of drug-likeness (QED) is 0.734. The van der Waals surface area contributed by atoms with Crippen LogP contribution in [0.15, 0.2) is 11.9 Å². The summed E-state index contributed by atoms with van der Waals surface area (Å²) in [5.41, 5.74) is 2.60. The molecule has 0 fully saturated rings. The van der Waals surface area contributed by atoms with Gasteiger partial charge in [0.05, 0.1) is 0 Å². The average Bonchev–Trinajstić information content (AvgIpc) is 2.27. The fourth-order valence-electron chi connectivity index (χ4n) is 2.28. The van der Waals surface area contributed by atoms with Crippen molar-refractivity contribution in [1.29, 1.82) is 0 Å². The summed E-state index contributed by atoms with van der Waals surface area (Å²) in [6.45, 7) is 0. The van der Waals surface area contributed by atoms with Gasteiger partial charge in [-0.1, -0.05) is 6.08 Å². The third-order valence-corrected chi connectivity index (χ3v) is 12.6. The maximum Gasteiger partial charge on any atom is 0.0391 e. The Labute approximate surface area is 113 Å². The SMILES string of the molecule is CN(C)P1(N(C)C)=CC=CP(N(C)C)(N(C)C)=C1. The highest BCUT2D eigenvalue weighted by Crippen LogP contribution is 2.63. The molecule has 4 nitrogen and oxygen atoms in total. The molecular formula is C12H28N4P2. The summed E-state index contributed by atoms with van der Waals surface area (Å²) < 4.78 is 9.49. The molecule has 0 aliphatic carbocycles. The van der Waals surface area contributed by atoms with Gasteiger partial charge in [0, 0.05) is 14.4 Å². The lowest BCUT2D eigenvalue weighted by molar-refractivity contribution is 0.574. The molecule has 0 amide bonds. The highest BCUT2D eigenvalue weighted by molar-refractivity contribution is 7.98. The van der Waals surface area contributed by atoms with Gasteiger partial charge >= 0.3 is 0 Å². The second-order valence-electron chi connectivity index (χ2n) is 5.40. The van der Waals surface area contributed by atoms with Crippen molar-refractivity contribution < 1.29 is 0 Å². The van der Waals surface area contributed by atoms with Crippen molar-refractivity contribution in [3.63, 3.8) is 0 Å². The molecule has 0 saturated heterocycles. The van der Waals surface area contributed by atoms with Crippen molar-refractivity contribution in [3.05, 3.63) is 11.9 Å². The zero-order chi connectivity index (χ0) is 14.1. The minimum Gasteiger partial charge on any atom is -0.275 e. The van der Waals surface area contributed by atoms with Crippen molar-refractivity contribution in [1.82, 2.24) is 18.7 Å². The Balaban J connectivity index is 3.57. The van der Waals surface area contributed by atoms with Crippen LogP contribution in [-0.4, -0.2) is 86.4 Å². The van der Waals surface area contributed by atoms with Crippen LogP contribution in [0.2, 0.25) is 0 Å². The molecule has 0 N–H and O–H groups in total. The first kappa shape index (κ1) is 16.2. The maximum absolute atomic E-state index is 2.60. The zero-order valence-electron chi connectivity index (χ0n) is 13.0. The normalized spacial score (nSPS) is 21.6. The highest BCUT2D eigenvalue weighted by Gasteiger charge is 2.30. The summed E-state index contributed by atoms with van der Waals surface area (Å²) in [5.74, 6) is 4.75. The minimum atomic E-state index is -1.47. The molecule has 1 aliphatic heterocycles. The molecule has 18 heavy (non-hydrogen) atoms. The third-order valence-electron chi connectivity index (χ3n) is 3.51. The number of allylic oxidation sites excluding steroid dienone is 1. The van der Waals surface area contributed by atoms with Gasteiger partial charge in [0.25, 0.3) is 0 Å². The van der Waals surface area contributed by atoms with Gasteiger partial charge in [-0.05, 0) is 73.5 Å². The second kappa shape index (κ2) is 5.66. The summed E-state index contributed by atoms with van der Waals surface area (Å²) >= 11 is 0. The Morgan fingerprint density at radius 3 is 1.33 bits per heavy atom. The van der Waals surface area contributed by atoms with E-state index in [4.69, 9.17) is 0 Å². The van der Waals surface area contributed by atoms with Crippen LogP contribution in [0.3, 0.4) is 0 Å². The molecule has 0 aromatic rings. The van der Waals surface area contributed by atoms with Crippen LogP contribution in [0.5, 0.6) is 0 Å². The second-order valence-corrected chi connectivity index (χ2v) is 12.9. The molecule has 6 heteroatoms. The Morgan fingerprint density at radius 1 is 0.611 bits per heavy atom. The van der Waals surface area contributed by atoms with Gasteiger partial charge in [-0.25, -0.2) is 0 Å². The van der Waals surface area contributed by atoms with Gasteiger partial charge in [-0.2, -0.15) is 0 Å². The maximum atomic E-state index is 2.60. The molecule has 0 spiro atoms. The van der Waals surface area contributed by atoms with E-state index >= 15 is 0 Å². The van der Waals surface area contributed by atoms with Crippen molar-refractivity contribution >= 4 is 25.7 Å². The first-order valence-electron chi connectivity index (χ1n) is 6.08. The summed E-state index contributed by atoms with van der Waals surface area (Å²) in [7, 11) is 14.5. The van der Waals surface area contributed by atoms with Gasteiger partial charge in [0.1, 0.15) is 0 Å². The van der Waals surface area contributed by atoms with Gasteiger partial charge in [-0.3, -0.25) is 18.7 Å². The standard InChI is InChI=1S/C12H28N4P2/c1-13(2)17(14(3)4)10-9-11-18(12-17,15(5)6)16(7)8/h9-12H,1-8H3. The van der Waals surface area contributed by atoms with E-state index in [-0.39, 0.29) is 0 Å². The topological polar surface area (TPSA) is 13.0 Å². The predicted molar refractivity (Wildman–Crippen MR) is 89.9 cm³/mol. The molecule has 0 aromatic carbocycles. The lowest BCUT2D eigenvalue weighted by Crippen LogP contribution is -2.29. The van der Waals surface area contributed by atoms with Gasteiger partial charge in [0.2, 0.25) is 0 Å². The van der Waals surface area contributed by atoms with E-state index in [1.807, 2.05) is 0 Å². The summed E-state index contributed by atoms with van der Waals surface area (Å²) in [5, 5.41) is 0. The summed E-state index contributed by atoms with van der Waals surface area (Å²) in [4.78, 5) is 0. The van der Waals surface area contributed by atoms with Crippen LogP contribution < -0.4 is 0 Å². The van der Waals surface area contributed by atoms with E-state index in [0.29, 0.717) is 0 Å². The van der Waals surface area contributed by atoms with Crippen LogP contribution >= 0.6 is 14.4 Å². The van der Waals surface area contributed by atoms with Crippen molar-refractivity contribution in [2.75, 3.05) is 56.4 Å². The minimum absolute atomic E-state index is 1.47. The van der Waals surface area contributed by atoms with E-state index in [1.165, 1.54) is 0 Å². The van der Waals surface area contributed by atoms with Gasteiger partial charge in [-0.15, -0.1) is 0 Å². The molecule has 0 radical (unpaired) electrons. The molecule has 1 aliphatic rings. The van der Waals surface area contributed by atoms with Crippen LogP contribution in [0.1, 0.15) is 0 Å². The Bertz CT molecular complexity index is 390. The Hall–Kier alpha value is 0.180. The van der Waals surface area contributed by atoms with E-state index in [1.54, 1.807) is 0 Å². The highest BCUT2D eigenvalue weighted by atomic mass is 31.2. The van der Waals surface area contributed by atoms with Crippen molar-refractivity contribution in [2.45, 2.75) is 0 Å². The van der Waals surface area contributed by atoms with Crippen molar-refractivity contribution in [3.8, 4) is 0 Å². The molecule has 0 unspecified atom stereocenters. The van der Waals surface area contributed by atoms with E-state index in [2.05, 4.69) is 98.3 Å². The molecule has 106 valence electrons. The third kappa shape index (κ3) is 2.56. The predicted octanol–water partition coefficient (Wildman–Crippen LogP) is 2.02. The molecule has 1 heterocycles. The van der Waals surface area contributed by atoms with E-state index in [9.17, 15) is 0 Å². The largest absolute Gasteiger partial charge is 0.275 e. The van der Waals surface area contributed by atoms with Gasteiger partial charge in [0.15, 0.2) is 0 Å². The Morgan fingerprint density at radius 2 is 1.00 bits per heavy atom. The van der Waals surface area contributed by atoms with E-state index < -0.39 is 14.4 Å². The number of hydrogen-bond acceptors (Lipinski definition) is 4. The van der Waals surface area contributed by atoms with Crippen LogP contribution in [-0.2, 0) is 0 Å². The van der Waals surface area contributed by atoms with Crippen LogP contribution in [0, 0.1) is 0 Å². The number of rotatable bonds is 4. The lowest BCUT2D eigenvalue weighted by Gasteiger charge is -2.44. The fraction of sp³-hybridized carbons (Fsp3) is 0.667. The van der Waals surface area contributed by atoms with E-state index in [0.717, 1.165) is 0 Å². The molecule has 0 saturated carbocycles. The first-order valence-corrected chi connectivity index (χ1v) is 9.74. The molecular weight excluding hydrogens is 262 g/mol.